The van der Waals surface area contributed by atoms with Gasteiger partial charge in [-0.1, -0.05) is 11.3 Å². The number of nitrogens with two attached hydrogens (primary N) is 1. The van der Waals surface area contributed by atoms with E-state index >= 15 is 0 Å². The SMILES string of the molecule is CCN(C(=O)C1CCCN(C2CCN(C(=O)c3c(N)sc4nc(C)ccc34)CC2)C1)C(C)C. The second-order valence-corrected chi connectivity index (χ2v) is 10.8. The molecule has 2 aromatic rings. The van der Waals surface area contributed by atoms with Gasteiger partial charge in [-0.25, -0.2) is 4.98 Å². The first-order valence-electron chi connectivity index (χ1n) is 12.3. The van der Waals surface area contributed by atoms with Crippen molar-refractivity contribution in [2.75, 3.05) is 38.5 Å². The van der Waals surface area contributed by atoms with Crippen LogP contribution < -0.4 is 5.73 Å². The van der Waals surface area contributed by atoms with Crippen molar-refractivity contribution < 1.29 is 9.59 Å². The number of thiophene rings is 1. The molecule has 4 rings (SSSR count). The summed E-state index contributed by atoms with van der Waals surface area (Å²) < 4.78 is 0. The molecule has 2 aromatic heterocycles. The summed E-state index contributed by atoms with van der Waals surface area (Å²) >= 11 is 1.39. The van der Waals surface area contributed by atoms with E-state index in [1.54, 1.807) is 0 Å². The van der Waals surface area contributed by atoms with Crippen LogP contribution in [0.2, 0.25) is 0 Å². The standard InChI is InChI=1S/C25H37N5O2S/c1-5-30(16(2)3)24(31)18-7-6-12-29(15-18)19-10-13-28(14-11-19)25(32)21-20-9-8-17(4)27-23(20)33-22(21)26/h8-9,16,18-19H,5-7,10-15,26H2,1-4H3. The van der Waals surface area contributed by atoms with Crippen molar-refractivity contribution in [1.82, 2.24) is 19.7 Å². The maximum Gasteiger partial charge on any atom is 0.257 e. The lowest BCUT2D eigenvalue weighted by molar-refractivity contribution is -0.139. The van der Waals surface area contributed by atoms with Crippen molar-refractivity contribution in [1.29, 1.82) is 0 Å². The number of aryl methyl sites for hydroxylation is 1. The van der Waals surface area contributed by atoms with Gasteiger partial charge in [0.05, 0.1) is 11.5 Å². The largest absolute Gasteiger partial charge is 0.390 e. The highest BCUT2D eigenvalue weighted by atomic mass is 32.1. The van der Waals surface area contributed by atoms with Crippen molar-refractivity contribution in [2.24, 2.45) is 5.92 Å². The van der Waals surface area contributed by atoms with E-state index in [2.05, 4.69) is 30.7 Å². The number of carbonyl (C=O) groups excluding carboxylic acids is 2. The van der Waals surface area contributed by atoms with Gasteiger partial charge in [0.25, 0.3) is 5.91 Å². The summed E-state index contributed by atoms with van der Waals surface area (Å²) in [4.78, 5) is 38.2. The minimum atomic E-state index is 0.0186. The molecular weight excluding hydrogens is 434 g/mol. The number of likely N-dealkylation sites (tertiary alicyclic amines) is 2. The van der Waals surface area contributed by atoms with Crippen LogP contribution >= 0.6 is 11.3 Å². The van der Waals surface area contributed by atoms with Gasteiger partial charge in [0.2, 0.25) is 5.91 Å². The third kappa shape index (κ3) is 4.87. The Labute approximate surface area is 200 Å². The molecule has 8 heteroatoms. The lowest BCUT2D eigenvalue weighted by atomic mass is 9.92. The Bertz CT molecular complexity index is 1010. The Morgan fingerprint density at radius 1 is 1.21 bits per heavy atom. The molecule has 2 N–H and O–H groups in total. The number of anilines is 1. The van der Waals surface area contributed by atoms with Crippen molar-refractivity contribution in [3.63, 3.8) is 0 Å². The topological polar surface area (TPSA) is 82.8 Å². The van der Waals surface area contributed by atoms with Crippen LogP contribution in [0.4, 0.5) is 5.00 Å². The number of piperidine rings is 2. The van der Waals surface area contributed by atoms with Crippen molar-refractivity contribution in [3.05, 3.63) is 23.4 Å². The first-order valence-corrected chi connectivity index (χ1v) is 13.1. The molecule has 0 spiro atoms. The van der Waals surface area contributed by atoms with Crippen LogP contribution in [0.25, 0.3) is 10.2 Å². The van der Waals surface area contributed by atoms with E-state index in [0.717, 1.165) is 74.3 Å². The number of nitrogens with zero attached hydrogens (tertiary/aromatic N) is 4. The zero-order valence-electron chi connectivity index (χ0n) is 20.3. The van der Waals surface area contributed by atoms with Gasteiger partial charge in [0.1, 0.15) is 9.83 Å². The predicted octanol–water partition coefficient (Wildman–Crippen LogP) is 3.76. The molecule has 2 aliphatic rings. The van der Waals surface area contributed by atoms with Gasteiger partial charge in [-0.15, -0.1) is 0 Å². The Morgan fingerprint density at radius 3 is 2.61 bits per heavy atom. The third-order valence-electron chi connectivity index (χ3n) is 7.25. The average molecular weight is 472 g/mol. The van der Waals surface area contributed by atoms with Gasteiger partial charge in [-0.05, 0) is 72.1 Å². The Balaban J connectivity index is 1.38. The fourth-order valence-corrected chi connectivity index (χ4v) is 6.43. The smallest absolute Gasteiger partial charge is 0.257 e. The molecule has 0 radical (unpaired) electrons. The number of fused-ring (bicyclic) bond motifs is 1. The number of rotatable bonds is 5. The highest BCUT2D eigenvalue weighted by Crippen LogP contribution is 2.34. The monoisotopic (exact) mass is 471 g/mol. The molecule has 7 nitrogen and oxygen atoms in total. The summed E-state index contributed by atoms with van der Waals surface area (Å²) in [5.41, 5.74) is 7.78. The van der Waals surface area contributed by atoms with Gasteiger partial charge >= 0.3 is 0 Å². The Morgan fingerprint density at radius 2 is 1.94 bits per heavy atom. The fraction of sp³-hybridized carbons (Fsp3) is 0.640. The second kappa shape index (κ2) is 9.97. The first kappa shape index (κ1) is 24.0. The normalized spacial score (nSPS) is 20.5. The number of nitrogen functional groups attached to an aromatic ring is 1. The van der Waals surface area contributed by atoms with E-state index in [1.165, 1.54) is 11.3 Å². The zero-order valence-corrected chi connectivity index (χ0v) is 21.2. The summed E-state index contributed by atoms with van der Waals surface area (Å²) in [5, 5.41) is 1.41. The lowest BCUT2D eigenvalue weighted by Gasteiger charge is -2.43. The maximum atomic E-state index is 13.3. The third-order valence-corrected chi connectivity index (χ3v) is 8.18. The Hall–Kier alpha value is -2.19. The summed E-state index contributed by atoms with van der Waals surface area (Å²) in [6.07, 6.45) is 3.92. The second-order valence-electron chi connectivity index (χ2n) is 9.72. The van der Waals surface area contributed by atoms with Gasteiger partial charge < -0.3 is 15.5 Å². The minimum Gasteiger partial charge on any atom is -0.390 e. The van der Waals surface area contributed by atoms with Crippen LogP contribution in [-0.2, 0) is 4.79 Å². The highest BCUT2D eigenvalue weighted by molar-refractivity contribution is 7.22. The Kier molecular flexibility index (Phi) is 7.24. The van der Waals surface area contributed by atoms with Gasteiger partial charge in [-0.2, -0.15) is 0 Å². The van der Waals surface area contributed by atoms with Crippen LogP contribution in [0, 0.1) is 12.8 Å². The average Bonchev–Trinajstić information content (AvgIpc) is 3.13. The molecule has 0 saturated carbocycles. The molecule has 0 bridgehead atoms. The predicted molar refractivity (Wildman–Crippen MR) is 135 cm³/mol. The quantitative estimate of drug-likeness (QED) is 0.718. The van der Waals surface area contributed by atoms with Crippen molar-refractivity contribution >= 4 is 38.4 Å². The van der Waals surface area contributed by atoms with E-state index in [-0.39, 0.29) is 17.9 Å². The molecule has 2 fully saturated rings. The molecular formula is C25H37N5O2S. The molecule has 2 aliphatic heterocycles. The number of aromatic nitrogens is 1. The van der Waals surface area contributed by atoms with Crippen molar-refractivity contribution in [2.45, 2.75) is 65.5 Å². The summed E-state index contributed by atoms with van der Waals surface area (Å²) in [7, 11) is 0. The minimum absolute atomic E-state index is 0.0186. The molecule has 1 atom stereocenters. The summed E-state index contributed by atoms with van der Waals surface area (Å²) in [6.45, 7) is 12.3. The van der Waals surface area contributed by atoms with Crippen LogP contribution in [-0.4, -0.2) is 76.3 Å². The zero-order chi connectivity index (χ0) is 23.7. The molecule has 33 heavy (non-hydrogen) atoms. The molecule has 180 valence electrons. The highest BCUT2D eigenvalue weighted by Gasteiger charge is 2.35. The molecule has 2 saturated heterocycles. The van der Waals surface area contributed by atoms with Gasteiger partial charge in [-0.3, -0.25) is 14.5 Å². The lowest BCUT2D eigenvalue weighted by Crippen LogP contribution is -2.52. The van der Waals surface area contributed by atoms with Crippen LogP contribution in [0.5, 0.6) is 0 Å². The number of pyridine rings is 1. The van der Waals surface area contributed by atoms with E-state index in [0.29, 0.717) is 22.5 Å². The number of hydrogen-bond donors (Lipinski definition) is 1. The van der Waals surface area contributed by atoms with E-state index < -0.39 is 0 Å². The number of carbonyl (C=O) groups is 2. The number of amides is 2. The number of hydrogen-bond acceptors (Lipinski definition) is 6. The summed E-state index contributed by atoms with van der Waals surface area (Å²) in [5.74, 6) is 0.409. The van der Waals surface area contributed by atoms with Gasteiger partial charge in [0, 0.05) is 49.3 Å². The van der Waals surface area contributed by atoms with Crippen molar-refractivity contribution in [3.8, 4) is 0 Å². The van der Waals surface area contributed by atoms with Crippen LogP contribution in [0.3, 0.4) is 0 Å². The van der Waals surface area contributed by atoms with Crippen LogP contribution in [0.15, 0.2) is 12.1 Å². The summed E-state index contributed by atoms with van der Waals surface area (Å²) in [6, 6.07) is 4.57. The van der Waals surface area contributed by atoms with Crippen LogP contribution in [0.1, 0.15) is 62.5 Å². The van der Waals surface area contributed by atoms with E-state index in [1.807, 2.05) is 28.9 Å². The van der Waals surface area contributed by atoms with E-state index in [4.69, 9.17) is 5.73 Å². The first-order chi connectivity index (χ1) is 15.8. The fourth-order valence-electron chi connectivity index (χ4n) is 5.45. The molecule has 2 amide bonds. The molecule has 0 aliphatic carbocycles. The van der Waals surface area contributed by atoms with E-state index in [9.17, 15) is 9.59 Å². The maximum absolute atomic E-state index is 13.3. The van der Waals surface area contributed by atoms with Gasteiger partial charge in [0.15, 0.2) is 0 Å². The molecule has 4 heterocycles. The molecule has 0 aromatic carbocycles. The molecule has 1 unspecified atom stereocenters.